The lowest BCUT2D eigenvalue weighted by molar-refractivity contribution is -0.714. The van der Waals surface area contributed by atoms with Gasteiger partial charge in [-0.1, -0.05) is 58.0 Å². The van der Waals surface area contributed by atoms with Crippen molar-refractivity contribution >= 4 is 0 Å². The standard InChI is InChI=1S/C19H26NO/c1-14(2)18-12-17(16-8-6-5-7-9-16)13-19(15(3)4)20(18)10-11-21/h5-9,12-15,21H,10-11H2,1-4H3/q+1. The van der Waals surface area contributed by atoms with Gasteiger partial charge >= 0.3 is 0 Å². The van der Waals surface area contributed by atoms with Crippen LogP contribution in [0.1, 0.15) is 50.9 Å². The molecule has 0 aliphatic heterocycles. The van der Waals surface area contributed by atoms with Gasteiger partial charge in [0.25, 0.3) is 0 Å². The molecule has 0 aliphatic carbocycles. The molecular formula is C19H26NO+. The molecule has 2 heteroatoms. The van der Waals surface area contributed by atoms with E-state index in [4.69, 9.17) is 0 Å². The fourth-order valence-corrected chi connectivity index (χ4v) is 2.78. The van der Waals surface area contributed by atoms with Crippen LogP contribution in [0.3, 0.4) is 0 Å². The van der Waals surface area contributed by atoms with Crippen molar-refractivity contribution in [3.63, 3.8) is 0 Å². The van der Waals surface area contributed by atoms with Gasteiger partial charge in [-0.2, -0.15) is 4.57 Å². The van der Waals surface area contributed by atoms with Gasteiger partial charge < -0.3 is 5.11 Å². The zero-order valence-electron chi connectivity index (χ0n) is 13.5. The van der Waals surface area contributed by atoms with Gasteiger partial charge in [0.1, 0.15) is 6.61 Å². The number of pyridine rings is 1. The van der Waals surface area contributed by atoms with Gasteiger partial charge in [0, 0.05) is 24.0 Å². The van der Waals surface area contributed by atoms with E-state index in [2.05, 4.69) is 68.7 Å². The van der Waals surface area contributed by atoms with E-state index in [1.54, 1.807) is 0 Å². The summed E-state index contributed by atoms with van der Waals surface area (Å²) in [6.45, 7) is 9.68. The van der Waals surface area contributed by atoms with Gasteiger partial charge in [-0.3, -0.25) is 0 Å². The minimum absolute atomic E-state index is 0.175. The molecule has 1 aromatic heterocycles. The Bertz CT molecular complexity index is 559. The first kappa shape index (κ1) is 15.7. The van der Waals surface area contributed by atoms with Crippen molar-refractivity contribution in [3.8, 4) is 11.1 Å². The summed E-state index contributed by atoms with van der Waals surface area (Å²) in [5, 5.41) is 9.40. The normalized spacial score (nSPS) is 11.4. The summed E-state index contributed by atoms with van der Waals surface area (Å²) < 4.78 is 2.28. The van der Waals surface area contributed by atoms with Crippen LogP contribution in [0.2, 0.25) is 0 Å². The summed E-state index contributed by atoms with van der Waals surface area (Å²) in [7, 11) is 0. The lowest BCUT2D eigenvalue weighted by Crippen LogP contribution is -2.45. The molecule has 1 aromatic carbocycles. The van der Waals surface area contributed by atoms with E-state index in [1.807, 2.05) is 6.07 Å². The summed E-state index contributed by atoms with van der Waals surface area (Å²) in [5.41, 5.74) is 5.08. The molecule has 1 heterocycles. The lowest BCUT2D eigenvalue weighted by atomic mass is 9.97. The Morgan fingerprint density at radius 1 is 0.857 bits per heavy atom. The van der Waals surface area contributed by atoms with E-state index in [0.29, 0.717) is 18.4 Å². The number of benzene rings is 1. The Balaban J connectivity index is 2.64. The fraction of sp³-hybridized carbons (Fsp3) is 0.421. The Hall–Kier alpha value is -1.67. The average Bonchev–Trinajstić information content (AvgIpc) is 2.48. The average molecular weight is 284 g/mol. The monoisotopic (exact) mass is 284 g/mol. The molecule has 0 aliphatic rings. The molecule has 21 heavy (non-hydrogen) atoms. The van der Waals surface area contributed by atoms with E-state index in [9.17, 15) is 5.11 Å². The highest BCUT2D eigenvalue weighted by Gasteiger charge is 2.23. The third-order valence-electron chi connectivity index (χ3n) is 3.84. The maximum Gasteiger partial charge on any atom is 0.184 e. The predicted molar refractivity (Wildman–Crippen MR) is 87.3 cm³/mol. The second kappa shape index (κ2) is 6.86. The highest BCUT2D eigenvalue weighted by atomic mass is 16.3. The van der Waals surface area contributed by atoms with E-state index < -0.39 is 0 Å². The molecule has 0 unspecified atom stereocenters. The minimum Gasteiger partial charge on any atom is -0.390 e. The molecule has 0 radical (unpaired) electrons. The van der Waals surface area contributed by atoms with Gasteiger partial charge in [-0.05, 0) is 11.1 Å². The number of aliphatic hydroxyl groups is 1. The quantitative estimate of drug-likeness (QED) is 0.828. The van der Waals surface area contributed by atoms with Crippen molar-refractivity contribution in [2.24, 2.45) is 0 Å². The molecule has 0 saturated carbocycles. The fourth-order valence-electron chi connectivity index (χ4n) is 2.78. The number of hydrogen-bond donors (Lipinski definition) is 1. The highest BCUT2D eigenvalue weighted by Crippen LogP contribution is 2.25. The summed E-state index contributed by atoms with van der Waals surface area (Å²) in [6.07, 6.45) is 0. The van der Waals surface area contributed by atoms with Crippen molar-refractivity contribution in [2.45, 2.75) is 46.1 Å². The first-order chi connectivity index (χ1) is 10.0. The number of nitrogens with zero attached hydrogens (tertiary/aromatic N) is 1. The largest absolute Gasteiger partial charge is 0.390 e. The van der Waals surface area contributed by atoms with E-state index in [0.717, 1.165) is 0 Å². The SMILES string of the molecule is CC(C)c1cc(-c2ccccc2)cc(C(C)C)[n+]1CCO. The number of aliphatic hydroxyl groups excluding tert-OH is 1. The third kappa shape index (κ3) is 3.51. The van der Waals surface area contributed by atoms with Crippen molar-refractivity contribution in [2.75, 3.05) is 6.61 Å². The van der Waals surface area contributed by atoms with Gasteiger partial charge in [0.15, 0.2) is 17.9 Å². The van der Waals surface area contributed by atoms with Crippen molar-refractivity contribution < 1.29 is 9.67 Å². The number of rotatable bonds is 5. The van der Waals surface area contributed by atoms with Gasteiger partial charge in [0.2, 0.25) is 0 Å². The number of aromatic nitrogens is 1. The summed E-state index contributed by atoms with van der Waals surface area (Å²) in [6, 6.07) is 15.0. The molecular weight excluding hydrogens is 258 g/mol. The molecule has 0 bridgehead atoms. The maximum absolute atomic E-state index is 9.40. The molecule has 0 atom stereocenters. The van der Waals surface area contributed by atoms with Crippen LogP contribution in [-0.2, 0) is 6.54 Å². The third-order valence-corrected chi connectivity index (χ3v) is 3.84. The van der Waals surface area contributed by atoms with Crippen LogP contribution in [0.4, 0.5) is 0 Å². The second-order valence-electron chi connectivity index (χ2n) is 6.14. The summed E-state index contributed by atoms with van der Waals surface area (Å²) in [4.78, 5) is 0. The maximum atomic E-state index is 9.40. The molecule has 0 fully saturated rings. The molecule has 2 nitrogen and oxygen atoms in total. The second-order valence-corrected chi connectivity index (χ2v) is 6.14. The van der Waals surface area contributed by atoms with Crippen LogP contribution in [-0.4, -0.2) is 11.7 Å². The minimum atomic E-state index is 0.175. The Morgan fingerprint density at radius 3 is 1.81 bits per heavy atom. The summed E-state index contributed by atoms with van der Waals surface area (Å²) >= 11 is 0. The van der Waals surface area contributed by atoms with Crippen LogP contribution in [0.5, 0.6) is 0 Å². The zero-order valence-corrected chi connectivity index (χ0v) is 13.5. The van der Waals surface area contributed by atoms with Crippen LogP contribution in [0.25, 0.3) is 11.1 Å². The number of hydrogen-bond acceptors (Lipinski definition) is 1. The van der Waals surface area contributed by atoms with E-state index in [-0.39, 0.29) is 6.61 Å². The molecule has 2 aromatic rings. The Morgan fingerprint density at radius 2 is 1.38 bits per heavy atom. The lowest BCUT2D eigenvalue weighted by Gasteiger charge is -2.15. The molecule has 112 valence electrons. The first-order valence-corrected chi connectivity index (χ1v) is 7.78. The van der Waals surface area contributed by atoms with Crippen LogP contribution < -0.4 is 4.57 Å². The van der Waals surface area contributed by atoms with Crippen molar-refractivity contribution in [3.05, 3.63) is 53.9 Å². The van der Waals surface area contributed by atoms with E-state index in [1.165, 1.54) is 22.5 Å². The first-order valence-electron chi connectivity index (χ1n) is 7.78. The van der Waals surface area contributed by atoms with Crippen LogP contribution in [0.15, 0.2) is 42.5 Å². The highest BCUT2D eigenvalue weighted by molar-refractivity contribution is 5.63. The molecule has 0 spiro atoms. The predicted octanol–water partition coefficient (Wildman–Crippen LogP) is 3.88. The Kier molecular flexibility index (Phi) is 5.13. The van der Waals surface area contributed by atoms with E-state index >= 15 is 0 Å². The van der Waals surface area contributed by atoms with Gasteiger partial charge in [-0.25, -0.2) is 0 Å². The van der Waals surface area contributed by atoms with Crippen LogP contribution >= 0.6 is 0 Å². The molecule has 0 amide bonds. The molecule has 0 saturated heterocycles. The smallest absolute Gasteiger partial charge is 0.184 e. The van der Waals surface area contributed by atoms with Gasteiger partial charge in [-0.15, -0.1) is 0 Å². The van der Waals surface area contributed by atoms with Gasteiger partial charge in [0.05, 0.1) is 0 Å². The topological polar surface area (TPSA) is 24.1 Å². The van der Waals surface area contributed by atoms with Crippen molar-refractivity contribution in [1.29, 1.82) is 0 Å². The van der Waals surface area contributed by atoms with Crippen molar-refractivity contribution in [1.82, 2.24) is 0 Å². The van der Waals surface area contributed by atoms with Crippen LogP contribution in [0, 0.1) is 0 Å². The molecule has 2 rings (SSSR count). The molecule has 1 N–H and O–H groups in total. The summed E-state index contributed by atoms with van der Waals surface area (Å²) in [5.74, 6) is 0.857. The Labute approximate surface area is 128 Å². The zero-order chi connectivity index (χ0) is 15.4.